The third-order valence-corrected chi connectivity index (χ3v) is 4.29. The van der Waals surface area contributed by atoms with Crippen molar-refractivity contribution in [3.63, 3.8) is 0 Å². The van der Waals surface area contributed by atoms with Crippen LogP contribution in [-0.4, -0.2) is 15.3 Å². The van der Waals surface area contributed by atoms with E-state index in [1.165, 1.54) is 23.5 Å². The number of halogens is 1. The Labute approximate surface area is 137 Å². The van der Waals surface area contributed by atoms with Gasteiger partial charge in [0, 0.05) is 18.6 Å². The Morgan fingerprint density at radius 2 is 1.96 bits per heavy atom. The van der Waals surface area contributed by atoms with Crippen LogP contribution in [0.25, 0.3) is 11.3 Å². The number of hydrogen-bond donors (Lipinski definition) is 0. The van der Waals surface area contributed by atoms with Gasteiger partial charge in [-0.15, -0.1) is 16.4 Å². The summed E-state index contributed by atoms with van der Waals surface area (Å²) in [6, 6.07) is 12.1. The first-order valence-corrected chi connectivity index (χ1v) is 7.93. The third-order valence-electron chi connectivity index (χ3n) is 3.39. The molecule has 0 aliphatic heterocycles. The van der Waals surface area contributed by atoms with Crippen molar-refractivity contribution >= 4 is 17.0 Å². The van der Waals surface area contributed by atoms with Crippen LogP contribution in [0.15, 0.2) is 64.2 Å². The van der Waals surface area contributed by atoms with Gasteiger partial charge in [-0.05, 0) is 48.9 Å². The Hall–Kier alpha value is -2.60. The van der Waals surface area contributed by atoms with Crippen LogP contribution < -0.4 is 4.80 Å². The zero-order valence-corrected chi connectivity index (χ0v) is 13.6. The van der Waals surface area contributed by atoms with Gasteiger partial charge in [-0.2, -0.15) is 5.10 Å². The van der Waals surface area contributed by atoms with Gasteiger partial charge >= 0.3 is 0 Å². The molecular formula is C17H15FN4S. The number of hydrogen-bond acceptors (Lipinski definition) is 4. The summed E-state index contributed by atoms with van der Waals surface area (Å²) in [6.45, 7) is 1.88. The molecule has 3 aromatic rings. The smallest absolute Gasteiger partial charge is 0.210 e. The molecule has 0 N–H and O–H groups in total. The normalized spacial score (nSPS) is 12.7. The maximum absolute atomic E-state index is 13.0. The van der Waals surface area contributed by atoms with Crippen molar-refractivity contribution in [2.24, 2.45) is 17.3 Å². The maximum Gasteiger partial charge on any atom is 0.210 e. The van der Waals surface area contributed by atoms with Crippen LogP contribution in [0.3, 0.4) is 0 Å². The number of pyridine rings is 1. The standard InChI is InChI=1S/C17H15FN4S/c1-12(15-5-3-4-10-19-15)20-21-17-22(2)16(11-23-17)13-6-8-14(18)9-7-13/h3-11H,1-2H3/b20-12+,21-17-. The molecule has 0 unspecified atom stereocenters. The molecule has 0 aliphatic rings. The molecule has 0 amide bonds. The molecule has 0 saturated heterocycles. The molecule has 2 aromatic heterocycles. The monoisotopic (exact) mass is 326 g/mol. The lowest BCUT2D eigenvalue weighted by Crippen LogP contribution is -2.11. The molecule has 23 heavy (non-hydrogen) atoms. The van der Waals surface area contributed by atoms with Gasteiger partial charge in [0.15, 0.2) is 0 Å². The minimum atomic E-state index is -0.243. The Morgan fingerprint density at radius 3 is 2.65 bits per heavy atom. The van der Waals surface area contributed by atoms with Crippen LogP contribution >= 0.6 is 11.3 Å². The molecule has 0 saturated carbocycles. The summed E-state index contributed by atoms with van der Waals surface area (Å²) in [5.74, 6) is -0.243. The number of aromatic nitrogens is 2. The summed E-state index contributed by atoms with van der Waals surface area (Å²) in [5, 5.41) is 10.5. The fraction of sp³-hybridized carbons (Fsp3) is 0.118. The number of benzene rings is 1. The predicted molar refractivity (Wildman–Crippen MR) is 90.7 cm³/mol. The van der Waals surface area contributed by atoms with E-state index in [2.05, 4.69) is 15.2 Å². The molecule has 0 bridgehead atoms. The molecule has 0 fully saturated rings. The molecule has 4 nitrogen and oxygen atoms in total. The molecule has 116 valence electrons. The van der Waals surface area contributed by atoms with Crippen molar-refractivity contribution in [3.8, 4) is 11.3 Å². The Morgan fingerprint density at radius 1 is 1.17 bits per heavy atom. The first-order chi connectivity index (χ1) is 11.1. The molecule has 0 radical (unpaired) electrons. The van der Waals surface area contributed by atoms with Crippen LogP contribution in [-0.2, 0) is 7.05 Å². The van der Waals surface area contributed by atoms with E-state index in [1.807, 2.05) is 42.1 Å². The summed E-state index contributed by atoms with van der Waals surface area (Å²) >= 11 is 1.49. The van der Waals surface area contributed by atoms with Crippen molar-refractivity contribution in [2.75, 3.05) is 0 Å². The summed E-state index contributed by atoms with van der Waals surface area (Å²) in [7, 11) is 1.92. The Kier molecular flexibility index (Phi) is 4.43. The van der Waals surface area contributed by atoms with Crippen molar-refractivity contribution in [1.82, 2.24) is 9.55 Å². The minimum Gasteiger partial charge on any atom is -0.318 e. The highest BCUT2D eigenvalue weighted by molar-refractivity contribution is 7.07. The summed E-state index contributed by atoms with van der Waals surface area (Å²) in [4.78, 5) is 5.01. The van der Waals surface area contributed by atoms with Crippen LogP contribution in [0.2, 0.25) is 0 Å². The van der Waals surface area contributed by atoms with E-state index in [9.17, 15) is 4.39 Å². The van der Waals surface area contributed by atoms with E-state index in [0.717, 1.165) is 27.5 Å². The van der Waals surface area contributed by atoms with Gasteiger partial charge in [-0.3, -0.25) is 4.98 Å². The fourth-order valence-electron chi connectivity index (χ4n) is 2.09. The lowest BCUT2D eigenvalue weighted by atomic mass is 10.2. The number of thiazole rings is 1. The molecule has 1 aromatic carbocycles. The molecule has 0 spiro atoms. The summed E-state index contributed by atoms with van der Waals surface area (Å²) in [6.07, 6.45) is 1.73. The lowest BCUT2D eigenvalue weighted by molar-refractivity contribution is 0.628. The quantitative estimate of drug-likeness (QED) is 0.535. The van der Waals surface area contributed by atoms with E-state index >= 15 is 0 Å². The zero-order chi connectivity index (χ0) is 16.2. The molecule has 3 rings (SSSR count). The van der Waals surface area contributed by atoms with Crippen molar-refractivity contribution < 1.29 is 4.39 Å². The topological polar surface area (TPSA) is 42.5 Å². The van der Waals surface area contributed by atoms with Crippen molar-refractivity contribution in [2.45, 2.75) is 6.92 Å². The first-order valence-electron chi connectivity index (χ1n) is 7.05. The fourth-order valence-corrected chi connectivity index (χ4v) is 2.94. The predicted octanol–water partition coefficient (Wildman–Crippen LogP) is 3.61. The SMILES string of the molecule is C/C(=N\N=c1/scc(-c2ccc(F)cc2)n1C)c1ccccn1. The highest BCUT2D eigenvalue weighted by atomic mass is 32.1. The Bertz CT molecular complexity index is 892. The van der Waals surface area contributed by atoms with Gasteiger partial charge in [-0.1, -0.05) is 6.07 Å². The summed E-state index contributed by atoms with van der Waals surface area (Å²) < 4.78 is 15.0. The van der Waals surface area contributed by atoms with Gasteiger partial charge < -0.3 is 4.57 Å². The minimum absolute atomic E-state index is 0.243. The van der Waals surface area contributed by atoms with E-state index in [4.69, 9.17) is 0 Å². The zero-order valence-electron chi connectivity index (χ0n) is 12.8. The third kappa shape index (κ3) is 3.43. The Balaban J connectivity index is 1.94. The first kappa shape index (κ1) is 15.3. The van der Waals surface area contributed by atoms with Crippen LogP contribution in [0.5, 0.6) is 0 Å². The number of nitrogens with zero attached hydrogens (tertiary/aromatic N) is 4. The van der Waals surface area contributed by atoms with E-state index in [0.29, 0.717) is 0 Å². The van der Waals surface area contributed by atoms with Gasteiger partial charge in [0.1, 0.15) is 5.82 Å². The summed E-state index contributed by atoms with van der Waals surface area (Å²) in [5.41, 5.74) is 3.47. The molecule has 0 aliphatic carbocycles. The second-order valence-electron chi connectivity index (χ2n) is 4.97. The van der Waals surface area contributed by atoms with E-state index in [-0.39, 0.29) is 5.82 Å². The van der Waals surface area contributed by atoms with Gasteiger partial charge in [0.25, 0.3) is 0 Å². The second kappa shape index (κ2) is 6.66. The number of rotatable bonds is 3. The maximum atomic E-state index is 13.0. The molecule has 6 heteroatoms. The highest BCUT2D eigenvalue weighted by Gasteiger charge is 2.05. The molecular weight excluding hydrogens is 311 g/mol. The van der Waals surface area contributed by atoms with Crippen molar-refractivity contribution in [1.29, 1.82) is 0 Å². The van der Waals surface area contributed by atoms with Crippen LogP contribution in [0.1, 0.15) is 12.6 Å². The van der Waals surface area contributed by atoms with E-state index in [1.54, 1.807) is 18.3 Å². The van der Waals surface area contributed by atoms with Crippen molar-refractivity contribution in [3.05, 3.63) is 70.4 Å². The van der Waals surface area contributed by atoms with Crippen LogP contribution in [0, 0.1) is 5.82 Å². The average molecular weight is 326 g/mol. The lowest BCUT2D eigenvalue weighted by Gasteiger charge is -2.02. The second-order valence-corrected chi connectivity index (χ2v) is 5.81. The van der Waals surface area contributed by atoms with Gasteiger partial charge in [0.05, 0.1) is 17.1 Å². The van der Waals surface area contributed by atoms with Crippen LogP contribution in [0.4, 0.5) is 4.39 Å². The van der Waals surface area contributed by atoms with E-state index < -0.39 is 0 Å². The molecule has 2 heterocycles. The average Bonchev–Trinajstić information content (AvgIpc) is 2.95. The van der Waals surface area contributed by atoms with Gasteiger partial charge in [0.2, 0.25) is 4.80 Å². The van der Waals surface area contributed by atoms with Gasteiger partial charge in [-0.25, -0.2) is 4.39 Å². The highest BCUT2D eigenvalue weighted by Crippen LogP contribution is 2.19. The largest absolute Gasteiger partial charge is 0.318 e. The molecule has 0 atom stereocenters.